The molecule has 25 heavy (non-hydrogen) atoms. The van der Waals surface area contributed by atoms with Gasteiger partial charge in [0.05, 0.1) is 36.9 Å². The first-order valence-electron chi connectivity index (χ1n) is 8.45. The quantitative estimate of drug-likeness (QED) is 0.875. The lowest BCUT2D eigenvalue weighted by atomic mass is 10.2. The number of rotatable bonds is 4. The summed E-state index contributed by atoms with van der Waals surface area (Å²) < 4.78 is 12.9. The van der Waals surface area contributed by atoms with Crippen LogP contribution in [0, 0.1) is 5.82 Å². The van der Waals surface area contributed by atoms with Gasteiger partial charge in [0.15, 0.2) is 6.04 Å². The van der Waals surface area contributed by atoms with Crippen LogP contribution in [0.3, 0.4) is 0 Å². The number of nitrogens with one attached hydrogen (secondary N) is 2. The van der Waals surface area contributed by atoms with Gasteiger partial charge in [0.2, 0.25) is 0 Å². The van der Waals surface area contributed by atoms with Gasteiger partial charge in [-0.2, -0.15) is 0 Å². The molecule has 0 unspecified atom stereocenters. The Hall–Kier alpha value is -2.11. The van der Waals surface area contributed by atoms with Gasteiger partial charge in [-0.05, 0) is 43.3 Å². The lowest BCUT2D eigenvalue weighted by Gasteiger charge is -2.36. The van der Waals surface area contributed by atoms with E-state index in [-0.39, 0.29) is 17.8 Å². The smallest absolute Gasteiger partial charge is 0.282 e. The topological polar surface area (TPSA) is 36.8 Å². The molecule has 1 heterocycles. The fourth-order valence-corrected chi connectivity index (χ4v) is 3.40. The number of halogens is 2. The normalized spacial score (nSPS) is 16.5. The van der Waals surface area contributed by atoms with E-state index >= 15 is 0 Å². The second-order valence-corrected chi connectivity index (χ2v) is 6.72. The van der Waals surface area contributed by atoms with Crippen LogP contribution in [0.25, 0.3) is 0 Å². The number of quaternary nitrogens is 1. The lowest BCUT2D eigenvalue weighted by Crippen LogP contribution is -3.19. The Morgan fingerprint density at radius 2 is 1.80 bits per heavy atom. The number of nitrogens with zero attached hydrogens (tertiary/aromatic N) is 1. The number of piperazine rings is 1. The van der Waals surface area contributed by atoms with Crippen molar-refractivity contribution >= 4 is 28.9 Å². The van der Waals surface area contributed by atoms with Gasteiger partial charge in [-0.15, -0.1) is 0 Å². The second-order valence-electron chi connectivity index (χ2n) is 6.31. The molecule has 4 nitrogen and oxygen atoms in total. The van der Waals surface area contributed by atoms with Crippen molar-refractivity contribution < 1.29 is 14.1 Å². The molecule has 1 amide bonds. The summed E-state index contributed by atoms with van der Waals surface area (Å²) in [4.78, 5) is 15.9. The van der Waals surface area contributed by atoms with Crippen LogP contribution in [-0.2, 0) is 4.79 Å². The van der Waals surface area contributed by atoms with Crippen molar-refractivity contribution in [2.24, 2.45) is 0 Å². The highest BCUT2D eigenvalue weighted by Crippen LogP contribution is 2.24. The van der Waals surface area contributed by atoms with E-state index < -0.39 is 0 Å². The highest BCUT2D eigenvalue weighted by Gasteiger charge is 2.29. The van der Waals surface area contributed by atoms with Gasteiger partial charge in [0.25, 0.3) is 5.91 Å². The van der Waals surface area contributed by atoms with Crippen LogP contribution in [-0.4, -0.2) is 38.1 Å². The molecule has 2 aromatic carbocycles. The van der Waals surface area contributed by atoms with E-state index in [1.165, 1.54) is 17.0 Å². The maximum absolute atomic E-state index is 12.9. The first-order chi connectivity index (χ1) is 12.0. The molecule has 3 rings (SSSR count). The third-order valence-corrected chi connectivity index (χ3v) is 5.04. The minimum Gasteiger partial charge on any atom is -0.359 e. The van der Waals surface area contributed by atoms with Crippen LogP contribution in [0.5, 0.6) is 0 Å². The molecule has 1 atom stereocenters. The summed E-state index contributed by atoms with van der Waals surface area (Å²) in [6.45, 7) is 5.37. The molecule has 0 bridgehead atoms. The zero-order valence-electron chi connectivity index (χ0n) is 14.1. The molecule has 6 heteroatoms. The summed E-state index contributed by atoms with van der Waals surface area (Å²) in [5.41, 5.74) is 1.67. The molecule has 0 aliphatic carbocycles. The van der Waals surface area contributed by atoms with Gasteiger partial charge < -0.3 is 15.1 Å². The van der Waals surface area contributed by atoms with Crippen LogP contribution >= 0.6 is 11.6 Å². The number of hydrogen-bond acceptors (Lipinski definition) is 2. The maximum Gasteiger partial charge on any atom is 0.282 e. The fourth-order valence-electron chi connectivity index (χ4n) is 3.15. The second kappa shape index (κ2) is 7.85. The summed E-state index contributed by atoms with van der Waals surface area (Å²) in [5, 5.41) is 3.61. The van der Waals surface area contributed by atoms with Crippen LogP contribution in [0.2, 0.25) is 5.02 Å². The first-order valence-corrected chi connectivity index (χ1v) is 8.83. The van der Waals surface area contributed by atoms with E-state index in [9.17, 15) is 9.18 Å². The molecule has 2 N–H and O–H groups in total. The molecular formula is C19H22ClFN3O+. The molecule has 1 saturated heterocycles. The van der Waals surface area contributed by atoms with Gasteiger partial charge >= 0.3 is 0 Å². The molecule has 2 aromatic rings. The molecule has 0 saturated carbocycles. The Balaban J connectivity index is 1.56. The molecule has 0 aromatic heterocycles. The van der Waals surface area contributed by atoms with Crippen molar-refractivity contribution in [3.05, 3.63) is 59.4 Å². The Morgan fingerprint density at radius 1 is 1.16 bits per heavy atom. The number of benzene rings is 2. The summed E-state index contributed by atoms with van der Waals surface area (Å²) >= 11 is 6.27. The predicted octanol–water partition coefficient (Wildman–Crippen LogP) is 2.21. The van der Waals surface area contributed by atoms with Crippen molar-refractivity contribution in [3.63, 3.8) is 0 Å². The Morgan fingerprint density at radius 3 is 2.44 bits per heavy atom. The van der Waals surface area contributed by atoms with Crippen LogP contribution in [0.1, 0.15) is 6.92 Å². The van der Waals surface area contributed by atoms with Crippen molar-refractivity contribution in [3.8, 4) is 0 Å². The van der Waals surface area contributed by atoms with E-state index in [0.29, 0.717) is 5.69 Å². The van der Waals surface area contributed by atoms with E-state index in [1.54, 1.807) is 12.1 Å². The van der Waals surface area contributed by atoms with Gasteiger partial charge in [-0.3, -0.25) is 4.79 Å². The minimum atomic E-state index is -0.313. The largest absolute Gasteiger partial charge is 0.359 e. The fraction of sp³-hybridized carbons (Fsp3) is 0.316. The molecular weight excluding hydrogens is 341 g/mol. The monoisotopic (exact) mass is 362 g/mol. The predicted molar refractivity (Wildman–Crippen MR) is 98.9 cm³/mol. The van der Waals surface area contributed by atoms with Gasteiger partial charge in [-0.1, -0.05) is 23.7 Å². The zero-order chi connectivity index (χ0) is 17.8. The van der Waals surface area contributed by atoms with Gasteiger partial charge in [-0.25, -0.2) is 4.39 Å². The van der Waals surface area contributed by atoms with Crippen molar-refractivity contribution in [2.45, 2.75) is 13.0 Å². The highest BCUT2D eigenvalue weighted by molar-refractivity contribution is 6.33. The maximum atomic E-state index is 12.9. The standard InChI is InChI=1S/C19H21ClFN3O/c1-14(19(25)22-16-8-6-15(21)7-9-16)23-10-12-24(13-11-23)18-5-3-2-4-17(18)20/h2-9,14H,10-13H2,1H3,(H,22,25)/p+1/t14-/m0/s1. The van der Waals surface area contributed by atoms with Crippen LogP contribution < -0.4 is 15.1 Å². The number of amides is 1. The molecule has 1 fully saturated rings. The number of para-hydroxylation sites is 1. The average Bonchev–Trinajstić information content (AvgIpc) is 2.63. The highest BCUT2D eigenvalue weighted by atomic mass is 35.5. The zero-order valence-corrected chi connectivity index (χ0v) is 14.9. The van der Waals surface area contributed by atoms with E-state index in [2.05, 4.69) is 10.2 Å². The summed E-state index contributed by atoms with van der Waals surface area (Å²) in [6, 6.07) is 13.5. The van der Waals surface area contributed by atoms with Crippen molar-refractivity contribution in [2.75, 3.05) is 36.4 Å². The Labute approximate surface area is 152 Å². The van der Waals surface area contributed by atoms with E-state index in [1.807, 2.05) is 31.2 Å². The van der Waals surface area contributed by atoms with Gasteiger partial charge in [0, 0.05) is 5.69 Å². The first kappa shape index (κ1) is 17.7. The summed E-state index contributed by atoms with van der Waals surface area (Å²) in [7, 11) is 0. The third-order valence-electron chi connectivity index (χ3n) is 4.72. The number of carbonyl (C=O) groups is 1. The Bertz CT molecular complexity index is 730. The molecule has 1 aliphatic rings. The number of carbonyl (C=O) groups excluding carboxylic acids is 1. The van der Waals surface area contributed by atoms with Gasteiger partial charge in [0.1, 0.15) is 5.82 Å². The molecule has 132 valence electrons. The molecule has 0 radical (unpaired) electrons. The van der Waals surface area contributed by atoms with Crippen LogP contribution in [0.4, 0.5) is 15.8 Å². The SMILES string of the molecule is C[C@@H](C(=O)Nc1ccc(F)cc1)[NH+]1CCN(c2ccccc2Cl)CC1. The number of anilines is 2. The average molecular weight is 363 g/mol. The lowest BCUT2D eigenvalue weighted by molar-refractivity contribution is -0.914. The van der Waals surface area contributed by atoms with E-state index in [4.69, 9.17) is 11.6 Å². The van der Waals surface area contributed by atoms with Crippen molar-refractivity contribution in [1.82, 2.24) is 0 Å². The third kappa shape index (κ3) is 4.30. The van der Waals surface area contributed by atoms with Crippen molar-refractivity contribution in [1.29, 1.82) is 0 Å². The minimum absolute atomic E-state index is 0.0483. The molecule has 1 aliphatic heterocycles. The van der Waals surface area contributed by atoms with Crippen LogP contribution in [0.15, 0.2) is 48.5 Å². The summed E-state index contributed by atoms with van der Waals surface area (Å²) in [5.74, 6) is -0.361. The summed E-state index contributed by atoms with van der Waals surface area (Å²) in [6.07, 6.45) is 0. The Kier molecular flexibility index (Phi) is 5.56. The van der Waals surface area contributed by atoms with E-state index in [0.717, 1.165) is 36.9 Å². The molecule has 0 spiro atoms. The number of hydrogen-bond donors (Lipinski definition) is 2.